The maximum atomic E-state index is 13.0. The van der Waals surface area contributed by atoms with Crippen LogP contribution in [0.2, 0.25) is 0 Å². The summed E-state index contributed by atoms with van der Waals surface area (Å²) in [7, 11) is 3.24. The zero-order chi connectivity index (χ0) is 20.2. The van der Waals surface area contributed by atoms with Crippen LogP contribution in [0.3, 0.4) is 0 Å². The Kier molecular flexibility index (Phi) is 5.57. The third kappa shape index (κ3) is 4.14. The van der Waals surface area contributed by atoms with Crippen molar-refractivity contribution < 1.29 is 18.7 Å². The number of ether oxygens (including phenoxy) is 2. The molecule has 2 aromatic carbocycles. The molecule has 4 rings (SSSR count). The molecule has 2 heterocycles. The minimum Gasteiger partial charge on any atom is -0.497 e. The van der Waals surface area contributed by atoms with E-state index in [9.17, 15) is 4.79 Å². The van der Waals surface area contributed by atoms with Crippen LogP contribution in [0.4, 0.5) is 0 Å². The van der Waals surface area contributed by atoms with Gasteiger partial charge in [-0.15, -0.1) is 10.2 Å². The summed E-state index contributed by atoms with van der Waals surface area (Å²) in [4.78, 5) is 15.1. The number of hydrogen-bond acceptors (Lipinski definition) is 7. The molecule has 0 N–H and O–H groups in total. The van der Waals surface area contributed by atoms with E-state index in [1.54, 1.807) is 14.2 Å². The van der Waals surface area contributed by atoms with Crippen LogP contribution in [0.5, 0.6) is 11.5 Å². The Morgan fingerprint density at radius 1 is 1.03 bits per heavy atom. The SMILES string of the molecule is COc1ccc(C(=O)C2CCCN2Cc2nnc(-c3ccc(OC)cc3)o2)cc1. The number of hydrogen-bond donors (Lipinski definition) is 0. The van der Waals surface area contributed by atoms with E-state index in [2.05, 4.69) is 15.1 Å². The average Bonchev–Trinajstić information content (AvgIpc) is 3.43. The largest absolute Gasteiger partial charge is 0.497 e. The molecule has 7 nitrogen and oxygen atoms in total. The summed E-state index contributed by atoms with van der Waals surface area (Å²) in [6, 6.07) is 14.5. The summed E-state index contributed by atoms with van der Waals surface area (Å²) < 4.78 is 16.2. The van der Waals surface area contributed by atoms with E-state index < -0.39 is 0 Å². The number of benzene rings is 2. The van der Waals surface area contributed by atoms with E-state index in [0.717, 1.165) is 36.4 Å². The first kappa shape index (κ1) is 19.1. The molecule has 1 aliphatic heterocycles. The summed E-state index contributed by atoms with van der Waals surface area (Å²) in [5.41, 5.74) is 1.52. The first-order chi connectivity index (χ1) is 14.2. The molecule has 0 saturated carbocycles. The van der Waals surface area contributed by atoms with Gasteiger partial charge in [0.2, 0.25) is 11.8 Å². The fourth-order valence-corrected chi connectivity index (χ4v) is 3.60. The Labute approximate surface area is 169 Å². The molecule has 0 radical (unpaired) electrons. The zero-order valence-electron chi connectivity index (χ0n) is 16.5. The maximum absolute atomic E-state index is 13.0. The standard InChI is InChI=1S/C22H23N3O4/c1-27-17-9-5-15(6-10-17)21(26)19-4-3-13-25(19)14-20-23-24-22(29-20)16-7-11-18(28-2)12-8-16/h5-12,19H,3-4,13-14H2,1-2H3. The topological polar surface area (TPSA) is 77.7 Å². The van der Waals surface area contributed by atoms with Crippen LogP contribution in [-0.2, 0) is 6.54 Å². The van der Waals surface area contributed by atoms with Gasteiger partial charge in [-0.05, 0) is 67.9 Å². The summed E-state index contributed by atoms with van der Waals surface area (Å²) >= 11 is 0. The van der Waals surface area contributed by atoms with Crippen molar-refractivity contribution in [3.8, 4) is 23.0 Å². The van der Waals surface area contributed by atoms with Gasteiger partial charge < -0.3 is 13.9 Å². The molecule has 1 aliphatic rings. The van der Waals surface area contributed by atoms with Crippen molar-refractivity contribution in [1.29, 1.82) is 0 Å². The van der Waals surface area contributed by atoms with Crippen LogP contribution in [0.15, 0.2) is 52.9 Å². The lowest BCUT2D eigenvalue weighted by Gasteiger charge is -2.21. The minimum absolute atomic E-state index is 0.111. The minimum atomic E-state index is -0.181. The third-order valence-corrected chi connectivity index (χ3v) is 5.18. The second-order valence-electron chi connectivity index (χ2n) is 6.95. The molecular formula is C22H23N3O4. The van der Waals surface area contributed by atoms with Gasteiger partial charge in [0.15, 0.2) is 5.78 Å². The molecule has 7 heteroatoms. The number of rotatable bonds is 7. The van der Waals surface area contributed by atoms with E-state index in [0.29, 0.717) is 23.9 Å². The molecule has 3 aromatic rings. The predicted molar refractivity (Wildman–Crippen MR) is 107 cm³/mol. The molecular weight excluding hydrogens is 370 g/mol. The lowest BCUT2D eigenvalue weighted by molar-refractivity contribution is 0.0853. The van der Waals surface area contributed by atoms with Gasteiger partial charge in [-0.1, -0.05) is 0 Å². The summed E-state index contributed by atoms with van der Waals surface area (Å²) in [5.74, 6) is 2.58. The van der Waals surface area contributed by atoms with Crippen LogP contribution >= 0.6 is 0 Å². The highest BCUT2D eigenvalue weighted by atomic mass is 16.5. The number of carbonyl (C=O) groups is 1. The van der Waals surface area contributed by atoms with Gasteiger partial charge in [0.25, 0.3) is 0 Å². The van der Waals surface area contributed by atoms with E-state index in [-0.39, 0.29) is 11.8 Å². The van der Waals surface area contributed by atoms with Gasteiger partial charge in [-0.3, -0.25) is 9.69 Å². The highest BCUT2D eigenvalue weighted by molar-refractivity contribution is 6.00. The van der Waals surface area contributed by atoms with Gasteiger partial charge in [0, 0.05) is 11.1 Å². The van der Waals surface area contributed by atoms with E-state index in [1.807, 2.05) is 48.5 Å². The normalized spacial score (nSPS) is 16.7. The van der Waals surface area contributed by atoms with Crippen LogP contribution < -0.4 is 9.47 Å². The first-order valence-electron chi connectivity index (χ1n) is 9.57. The van der Waals surface area contributed by atoms with E-state index in [4.69, 9.17) is 13.9 Å². The summed E-state index contributed by atoms with van der Waals surface area (Å²) in [5, 5.41) is 8.32. The smallest absolute Gasteiger partial charge is 0.247 e. The molecule has 0 aliphatic carbocycles. The van der Waals surface area contributed by atoms with Crippen LogP contribution in [0.1, 0.15) is 29.1 Å². The summed E-state index contributed by atoms with van der Waals surface area (Å²) in [6.45, 7) is 1.28. The third-order valence-electron chi connectivity index (χ3n) is 5.18. The second-order valence-corrected chi connectivity index (χ2v) is 6.95. The van der Waals surface area contributed by atoms with E-state index >= 15 is 0 Å². The second kappa shape index (κ2) is 8.45. The number of ketones is 1. The van der Waals surface area contributed by atoms with Crippen molar-refractivity contribution in [1.82, 2.24) is 15.1 Å². The highest BCUT2D eigenvalue weighted by Crippen LogP contribution is 2.26. The molecule has 1 saturated heterocycles. The first-order valence-corrected chi connectivity index (χ1v) is 9.57. The van der Waals surface area contributed by atoms with Crippen LogP contribution in [0.25, 0.3) is 11.5 Å². The van der Waals surface area contributed by atoms with Crippen LogP contribution in [0, 0.1) is 0 Å². The Morgan fingerprint density at radius 2 is 1.69 bits per heavy atom. The molecule has 29 heavy (non-hydrogen) atoms. The molecule has 0 spiro atoms. The molecule has 1 aromatic heterocycles. The lowest BCUT2D eigenvalue weighted by Crippen LogP contribution is -2.35. The average molecular weight is 393 g/mol. The lowest BCUT2D eigenvalue weighted by atomic mass is 10.0. The van der Waals surface area contributed by atoms with Crippen molar-refractivity contribution in [2.75, 3.05) is 20.8 Å². The van der Waals surface area contributed by atoms with Crippen molar-refractivity contribution >= 4 is 5.78 Å². The number of Topliss-reactive ketones (excluding diaryl/α,β-unsaturated/α-hetero) is 1. The molecule has 1 unspecified atom stereocenters. The fraction of sp³-hybridized carbons (Fsp3) is 0.318. The Hall–Kier alpha value is -3.19. The van der Waals surface area contributed by atoms with Crippen molar-refractivity contribution in [2.24, 2.45) is 0 Å². The molecule has 0 amide bonds. The number of carbonyl (C=O) groups excluding carboxylic acids is 1. The van der Waals surface area contributed by atoms with Gasteiger partial charge in [0.1, 0.15) is 11.5 Å². The monoisotopic (exact) mass is 393 g/mol. The maximum Gasteiger partial charge on any atom is 0.247 e. The van der Waals surface area contributed by atoms with Crippen molar-refractivity contribution in [3.63, 3.8) is 0 Å². The molecule has 1 fully saturated rings. The number of nitrogens with zero attached hydrogens (tertiary/aromatic N) is 3. The Bertz CT molecular complexity index is 966. The molecule has 150 valence electrons. The fourth-order valence-electron chi connectivity index (χ4n) is 3.60. The quantitative estimate of drug-likeness (QED) is 0.568. The zero-order valence-corrected chi connectivity index (χ0v) is 16.5. The van der Waals surface area contributed by atoms with Gasteiger partial charge in [-0.25, -0.2) is 0 Å². The Balaban J connectivity index is 1.45. The number of methoxy groups -OCH3 is 2. The number of likely N-dealkylation sites (tertiary alicyclic amines) is 1. The number of aromatic nitrogens is 2. The van der Waals surface area contributed by atoms with Crippen molar-refractivity contribution in [3.05, 3.63) is 60.0 Å². The van der Waals surface area contributed by atoms with Gasteiger partial charge in [-0.2, -0.15) is 0 Å². The van der Waals surface area contributed by atoms with E-state index in [1.165, 1.54) is 0 Å². The summed E-state index contributed by atoms with van der Waals surface area (Å²) in [6.07, 6.45) is 1.79. The van der Waals surface area contributed by atoms with Gasteiger partial charge >= 0.3 is 0 Å². The van der Waals surface area contributed by atoms with Gasteiger partial charge in [0.05, 0.1) is 26.8 Å². The predicted octanol–water partition coefficient (Wildman–Crippen LogP) is 3.60. The Morgan fingerprint density at radius 3 is 2.34 bits per heavy atom. The van der Waals surface area contributed by atoms with Crippen LogP contribution in [-0.4, -0.2) is 47.7 Å². The highest BCUT2D eigenvalue weighted by Gasteiger charge is 2.32. The molecule has 0 bridgehead atoms. The van der Waals surface area contributed by atoms with Crippen molar-refractivity contribution in [2.45, 2.75) is 25.4 Å². The molecule has 1 atom stereocenters.